The minimum absolute atomic E-state index is 0.0151. The number of nitrogens with one attached hydrogen (secondary N) is 1. The van der Waals surface area contributed by atoms with E-state index in [1.807, 2.05) is 26.0 Å². The Morgan fingerprint density at radius 1 is 1.39 bits per heavy atom. The molecule has 0 aliphatic heterocycles. The Morgan fingerprint density at radius 3 is 2.86 bits per heavy atom. The lowest BCUT2D eigenvalue weighted by molar-refractivity contribution is 0.0698. The van der Waals surface area contributed by atoms with E-state index in [9.17, 15) is 14.3 Å². The van der Waals surface area contributed by atoms with E-state index in [4.69, 9.17) is 9.26 Å². The molecule has 0 aliphatic carbocycles. The molecule has 1 aromatic carbocycles. The summed E-state index contributed by atoms with van der Waals surface area (Å²) >= 11 is 0. The molecule has 1 atom stereocenters. The van der Waals surface area contributed by atoms with Gasteiger partial charge in [-0.05, 0) is 43.7 Å². The number of carboxylic acid groups (broad SMARTS) is 1. The molecule has 0 spiro atoms. The van der Waals surface area contributed by atoms with Gasteiger partial charge in [-0.1, -0.05) is 11.2 Å². The first-order chi connectivity index (χ1) is 13.4. The zero-order valence-corrected chi connectivity index (χ0v) is 15.7. The number of halogens is 1. The van der Waals surface area contributed by atoms with Gasteiger partial charge >= 0.3 is 5.97 Å². The van der Waals surface area contributed by atoms with Gasteiger partial charge in [-0.25, -0.2) is 9.18 Å². The predicted molar refractivity (Wildman–Crippen MR) is 101 cm³/mol. The molecule has 2 aromatic heterocycles. The Morgan fingerprint density at radius 2 is 2.18 bits per heavy atom. The number of rotatable bonds is 7. The van der Waals surface area contributed by atoms with Crippen LogP contribution in [0.1, 0.15) is 28.5 Å². The van der Waals surface area contributed by atoms with Crippen LogP contribution >= 0.6 is 0 Å². The molecule has 2 N–H and O–H groups in total. The number of carbonyl (C=O) groups is 1. The highest BCUT2D eigenvalue weighted by molar-refractivity contribution is 5.99. The van der Waals surface area contributed by atoms with Crippen LogP contribution < -0.4 is 10.1 Å². The summed E-state index contributed by atoms with van der Waals surface area (Å²) in [7, 11) is 1.33. The number of benzene rings is 1. The molecule has 0 amide bonds. The molecular weight excluding hydrogens is 365 g/mol. The van der Waals surface area contributed by atoms with Crippen LogP contribution in [0.2, 0.25) is 0 Å². The number of aryl methyl sites for hydroxylation is 1. The minimum atomic E-state index is -1.21. The van der Waals surface area contributed by atoms with E-state index in [0.29, 0.717) is 12.0 Å². The third kappa shape index (κ3) is 3.95. The third-order valence-electron chi connectivity index (χ3n) is 4.32. The van der Waals surface area contributed by atoms with Gasteiger partial charge in [0.25, 0.3) is 0 Å². The highest BCUT2D eigenvalue weighted by Crippen LogP contribution is 2.32. The molecule has 2 heterocycles. The number of pyridine rings is 1. The second-order valence-electron chi connectivity index (χ2n) is 6.41. The molecule has 8 heteroatoms. The van der Waals surface area contributed by atoms with Crippen molar-refractivity contribution in [1.29, 1.82) is 0 Å². The molecule has 3 aromatic rings. The van der Waals surface area contributed by atoms with Gasteiger partial charge in [-0.2, -0.15) is 0 Å². The lowest BCUT2D eigenvalue weighted by atomic mass is 10.1. The highest BCUT2D eigenvalue weighted by atomic mass is 19.1. The molecule has 0 fully saturated rings. The Hall–Kier alpha value is -3.42. The molecule has 0 saturated heterocycles. The van der Waals surface area contributed by atoms with Crippen LogP contribution in [0, 0.1) is 12.7 Å². The van der Waals surface area contributed by atoms with Crippen LogP contribution in [0.3, 0.4) is 0 Å². The first-order valence-electron chi connectivity index (χ1n) is 8.64. The molecule has 0 saturated carbocycles. The zero-order chi connectivity index (χ0) is 20.3. The first kappa shape index (κ1) is 19.3. The summed E-state index contributed by atoms with van der Waals surface area (Å²) in [5.74, 6) is -1.65. The second kappa shape index (κ2) is 8.08. The Balaban J connectivity index is 1.89. The lowest BCUT2D eigenvalue weighted by Gasteiger charge is -2.14. The first-order valence-corrected chi connectivity index (χ1v) is 8.64. The SMILES string of the molecule is COc1cc(-c2onc(NC(C)Cc3ncccc3C)c2C(=O)O)ccc1F. The largest absolute Gasteiger partial charge is 0.494 e. The maximum absolute atomic E-state index is 13.7. The Bertz CT molecular complexity index is 1000. The zero-order valence-electron chi connectivity index (χ0n) is 15.7. The quantitative estimate of drug-likeness (QED) is 0.636. The van der Waals surface area contributed by atoms with Crippen molar-refractivity contribution in [2.45, 2.75) is 26.3 Å². The van der Waals surface area contributed by atoms with Crippen molar-refractivity contribution in [3.63, 3.8) is 0 Å². The predicted octanol–water partition coefficient (Wildman–Crippen LogP) is 3.93. The van der Waals surface area contributed by atoms with Crippen LogP contribution in [-0.4, -0.2) is 34.4 Å². The topological polar surface area (TPSA) is 97.5 Å². The fraction of sp³-hybridized carbons (Fsp3) is 0.250. The van der Waals surface area contributed by atoms with Crippen LogP contribution in [0.15, 0.2) is 41.1 Å². The third-order valence-corrected chi connectivity index (χ3v) is 4.32. The number of aromatic nitrogens is 2. The average molecular weight is 385 g/mol. The Kier molecular flexibility index (Phi) is 5.58. The summed E-state index contributed by atoms with van der Waals surface area (Å²) in [6, 6.07) is 7.64. The van der Waals surface area contributed by atoms with Gasteiger partial charge in [0.05, 0.1) is 7.11 Å². The van der Waals surface area contributed by atoms with Gasteiger partial charge in [0.1, 0.15) is 0 Å². The van der Waals surface area contributed by atoms with E-state index in [2.05, 4.69) is 15.5 Å². The van der Waals surface area contributed by atoms with Crippen molar-refractivity contribution in [2.24, 2.45) is 0 Å². The molecular formula is C20H20FN3O4. The Labute approximate surface area is 161 Å². The number of anilines is 1. The molecule has 0 radical (unpaired) electrons. The van der Waals surface area contributed by atoms with Gasteiger partial charge in [0.15, 0.2) is 28.7 Å². The summed E-state index contributed by atoms with van der Waals surface area (Å²) < 4.78 is 23.9. The number of hydrogen-bond donors (Lipinski definition) is 2. The van der Waals surface area contributed by atoms with E-state index < -0.39 is 11.8 Å². The van der Waals surface area contributed by atoms with Crippen LogP contribution in [-0.2, 0) is 6.42 Å². The summed E-state index contributed by atoms with van der Waals surface area (Å²) in [5.41, 5.74) is 2.18. The number of ether oxygens (including phenoxy) is 1. The molecule has 0 aliphatic rings. The summed E-state index contributed by atoms with van der Waals surface area (Å²) in [6.07, 6.45) is 2.30. The normalized spacial score (nSPS) is 11.9. The molecule has 1 unspecified atom stereocenters. The van der Waals surface area contributed by atoms with Gasteiger partial charge in [-0.15, -0.1) is 0 Å². The van der Waals surface area contributed by atoms with E-state index >= 15 is 0 Å². The van der Waals surface area contributed by atoms with Crippen LogP contribution in [0.4, 0.5) is 10.2 Å². The summed E-state index contributed by atoms with van der Waals surface area (Å²) in [6.45, 7) is 3.86. The number of aromatic carboxylic acids is 1. The van der Waals surface area contributed by atoms with Crippen molar-refractivity contribution in [3.05, 3.63) is 59.2 Å². The number of nitrogens with zero attached hydrogens (tertiary/aromatic N) is 2. The van der Waals surface area contributed by atoms with E-state index in [1.54, 1.807) is 6.20 Å². The lowest BCUT2D eigenvalue weighted by Crippen LogP contribution is -2.21. The monoisotopic (exact) mass is 385 g/mol. The fourth-order valence-corrected chi connectivity index (χ4v) is 2.89. The minimum Gasteiger partial charge on any atom is -0.494 e. The molecule has 7 nitrogen and oxygen atoms in total. The van der Waals surface area contributed by atoms with Crippen LogP contribution in [0.25, 0.3) is 11.3 Å². The van der Waals surface area contributed by atoms with E-state index in [0.717, 1.165) is 11.3 Å². The van der Waals surface area contributed by atoms with Crippen molar-refractivity contribution >= 4 is 11.8 Å². The van der Waals surface area contributed by atoms with Crippen LogP contribution in [0.5, 0.6) is 5.75 Å². The van der Waals surface area contributed by atoms with Gasteiger partial charge in [-0.3, -0.25) is 4.98 Å². The highest BCUT2D eigenvalue weighted by Gasteiger charge is 2.25. The average Bonchev–Trinajstić information content (AvgIpc) is 3.07. The maximum atomic E-state index is 13.7. The van der Waals surface area contributed by atoms with Crippen molar-refractivity contribution in [1.82, 2.24) is 10.1 Å². The molecule has 146 valence electrons. The van der Waals surface area contributed by atoms with Gasteiger partial charge in [0, 0.05) is 29.9 Å². The fourth-order valence-electron chi connectivity index (χ4n) is 2.89. The molecule has 3 rings (SSSR count). The maximum Gasteiger partial charge on any atom is 0.343 e. The smallest absolute Gasteiger partial charge is 0.343 e. The number of methoxy groups -OCH3 is 1. The van der Waals surface area contributed by atoms with Crippen molar-refractivity contribution < 1.29 is 23.6 Å². The van der Waals surface area contributed by atoms with Gasteiger partial charge < -0.3 is 19.7 Å². The number of carboxylic acids is 1. The van der Waals surface area contributed by atoms with Crippen molar-refractivity contribution in [3.8, 4) is 17.1 Å². The van der Waals surface area contributed by atoms with E-state index in [1.165, 1.54) is 25.3 Å². The molecule has 28 heavy (non-hydrogen) atoms. The summed E-state index contributed by atoms with van der Waals surface area (Å²) in [4.78, 5) is 16.2. The standard InChI is InChI=1S/C20H20FN3O4/c1-11-5-4-8-22-15(11)9-12(2)23-19-17(20(25)26)18(28-24-19)13-6-7-14(21)16(10-13)27-3/h4-8,10,12H,9H2,1-3H3,(H,23,24)(H,25,26). The van der Waals surface area contributed by atoms with Gasteiger partial charge in [0.2, 0.25) is 0 Å². The summed E-state index contributed by atoms with van der Waals surface area (Å²) in [5, 5.41) is 16.6. The van der Waals surface area contributed by atoms with E-state index in [-0.39, 0.29) is 28.9 Å². The molecule has 0 bridgehead atoms. The second-order valence-corrected chi connectivity index (χ2v) is 6.41. The number of hydrogen-bond acceptors (Lipinski definition) is 6. The van der Waals surface area contributed by atoms with Crippen molar-refractivity contribution in [2.75, 3.05) is 12.4 Å².